The molecule has 178 valence electrons. The molecule has 3 aromatic rings. The lowest BCUT2D eigenvalue weighted by Crippen LogP contribution is -2.39. The molecule has 0 fully saturated rings. The normalized spacial score (nSPS) is 14.6. The van der Waals surface area contributed by atoms with Crippen LogP contribution in [0.25, 0.3) is 11.3 Å². The highest BCUT2D eigenvalue weighted by atomic mass is 32.2. The number of rotatable bonds is 4. The number of nitrogens with zero attached hydrogens (tertiary/aromatic N) is 2. The van der Waals surface area contributed by atoms with Gasteiger partial charge in [0.15, 0.2) is 5.60 Å². The maximum absolute atomic E-state index is 13.3. The molecule has 0 saturated heterocycles. The molecule has 7 nitrogen and oxygen atoms in total. The van der Waals surface area contributed by atoms with Crippen molar-refractivity contribution in [3.63, 3.8) is 0 Å². The number of aliphatic hydroxyl groups excluding tert-OH is 1. The molecule has 0 saturated carbocycles. The fourth-order valence-electron chi connectivity index (χ4n) is 2.88. The Morgan fingerprint density at radius 3 is 2.18 bits per heavy atom. The third kappa shape index (κ3) is 5.04. The molecule has 3 rings (SSSR count). The maximum Gasteiger partial charge on any atom is 0.421 e. The Bertz CT molecular complexity index is 1360. The first-order chi connectivity index (χ1) is 15.7. The molecule has 1 aromatic carbocycles. The minimum absolute atomic E-state index is 0.0151. The molecule has 2 atom stereocenters. The van der Waals surface area contributed by atoms with Crippen LogP contribution in [0.2, 0.25) is 0 Å². The summed E-state index contributed by atoms with van der Waals surface area (Å²) in [5.41, 5.74) is 2.31. The van der Waals surface area contributed by atoms with Crippen molar-refractivity contribution in [2.45, 2.75) is 41.5 Å². The number of aromatic nitrogens is 2. The van der Waals surface area contributed by atoms with Gasteiger partial charge in [0.25, 0.3) is 0 Å². The number of aliphatic hydroxyl groups is 2. The van der Waals surface area contributed by atoms with Crippen LogP contribution in [0.5, 0.6) is 0 Å². The highest BCUT2D eigenvalue weighted by Crippen LogP contribution is 2.39. The highest BCUT2D eigenvalue weighted by molar-refractivity contribution is 7.91. The van der Waals surface area contributed by atoms with Crippen LogP contribution in [0.1, 0.15) is 25.0 Å². The smallest absolute Gasteiger partial charge is 0.384 e. The van der Waals surface area contributed by atoms with Gasteiger partial charge in [-0.2, -0.15) is 13.2 Å². The largest absolute Gasteiger partial charge is 0.421 e. The van der Waals surface area contributed by atoms with E-state index >= 15 is 0 Å². The van der Waals surface area contributed by atoms with E-state index in [1.807, 2.05) is 0 Å². The van der Waals surface area contributed by atoms with E-state index in [9.17, 15) is 31.8 Å². The number of hydrogen-bond donors (Lipinski definition) is 3. The van der Waals surface area contributed by atoms with Gasteiger partial charge in [-0.15, -0.1) is 0 Å². The Labute approximate surface area is 194 Å². The van der Waals surface area contributed by atoms with Gasteiger partial charge in [-0.25, -0.2) is 13.4 Å². The second-order valence-corrected chi connectivity index (χ2v) is 9.53. The monoisotopic (exact) mass is 491 g/mol. The lowest BCUT2D eigenvalue weighted by atomic mass is 9.94. The second-order valence-electron chi connectivity index (χ2n) is 7.58. The first-order valence-corrected chi connectivity index (χ1v) is 11.3. The summed E-state index contributed by atoms with van der Waals surface area (Å²) in [6, 6.07) is 9.20. The van der Waals surface area contributed by atoms with Gasteiger partial charge >= 0.3 is 6.18 Å². The summed E-state index contributed by atoms with van der Waals surface area (Å²) < 4.78 is 65.5. The van der Waals surface area contributed by atoms with Crippen molar-refractivity contribution in [1.29, 1.82) is 0 Å². The third-order valence-corrected chi connectivity index (χ3v) is 6.68. The standard InChI is InChI=1S/C23H20F3N3O4S/c1-14(30)3-4-16-11-17(22(2,31)23(24,25)26)12-29-21(16)15-5-7-18(8-6-15)34(32,33)19-9-10-20(27)28-13-19/h5-14,30-31H,1-2H3,(H2,27,28)/t14-,22?/m1/s1. The molecular weight excluding hydrogens is 471 g/mol. The van der Waals surface area contributed by atoms with Crippen molar-refractivity contribution < 1.29 is 31.8 Å². The van der Waals surface area contributed by atoms with Crippen LogP contribution in [0, 0.1) is 11.8 Å². The SMILES string of the molecule is C[C@@H](O)C#Cc1cc(C(C)(O)C(F)(F)F)cnc1-c1ccc(S(=O)(=O)c2ccc(N)nc2)cc1. The molecule has 0 amide bonds. The van der Waals surface area contributed by atoms with Gasteiger partial charge in [0.1, 0.15) is 11.9 Å². The average molecular weight is 491 g/mol. The molecule has 4 N–H and O–H groups in total. The number of sulfone groups is 1. The molecule has 0 aliphatic carbocycles. The number of anilines is 1. The number of nitrogen functional groups attached to an aromatic ring is 1. The van der Waals surface area contributed by atoms with Crippen molar-refractivity contribution in [2.24, 2.45) is 0 Å². The highest BCUT2D eigenvalue weighted by Gasteiger charge is 2.51. The van der Waals surface area contributed by atoms with Crippen molar-refractivity contribution in [3.05, 3.63) is 66.0 Å². The zero-order chi connectivity index (χ0) is 25.3. The summed E-state index contributed by atoms with van der Waals surface area (Å²) >= 11 is 0. The van der Waals surface area contributed by atoms with Crippen LogP contribution < -0.4 is 5.73 Å². The zero-order valence-electron chi connectivity index (χ0n) is 18.0. The minimum Gasteiger partial charge on any atom is -0.384 e. The Morgan fingerprint density at radius 2 is 1.65 bits per heavy atom. The molecule has 1 unspecified atom stereocenters. The van der Waals surface area contributed by atoms with Gasteiger partial charge in [0, 0.05) is 23.5 Å². The van der Waals surface area contributed by atoms with Crippen molar-refractivity contribution in [1.82, 2.24) is 9.97 Å². The topological polar surface area (TPSA) is 126 Å². The van der Waals surface area contributed by atoms with Gasteiger partial charge in [-0.1, -0.05) is 24.0 Å². The van der Waals surface area contributed by atoms with Crippen LogP contribution in [0.3, 0.4) is 0 Å². The molecule has 34 heavy (non-hydrogen) atoms. The molecule has 2 heterocycles. The molecule has 0 aliphatic heterocycles. The number of halogens is 3. The predicted octanol–water partition coefficient (Wildman–Crippen LogP) is 3.06. The summed E-state index contributed by atoms with van der Waals surface area (Å²) in [7, 11) is -3.89. The predicted molar refractivity (Wildman–Crippen MR) is 118 cm³/mol. The van der Waals surface area contributed by atoms with Gasteiger partial charge < -0.3 is 15.9 Å². The fourth-order valence-corrected chi connectivity index (χ4v) is 4.09. The second kappa shape index (κ2) is 9.06. The van der Waals surface area contributed by atoms with E-state index in [1.165, 1.54) is 43.3 Å². The molecule has 2 aromatic heterocycles. The first kappa shape index (κ1) is 25.2. The van der Waals surface area contributed by atoms with E-state index in [-0.39, 0.29) is 26.9 Å². The van der Waals surface area contributed by atoms with E-state index in [2.05, 4.69) is 21.8 Å². The first-order valence-electron chi connectivity index (χ1n) is 9.80. The minimum atomic E-state index is -4.96. The Morgan fingerprint density at radius 1 is 1.03 bits per heavy atom. The summed E-state index contributed by atoms with van der Waals surface area (Å²) in [5.74, 6) is 5.18. The third-order valence-electron chi connectivity index (χ3n) is 4.93. The van der Waals surface area contributed by atoms with E-state index < -0.39 is 33.3 Å². The maximum atomic E-state index is 13.3. The van der Waals surface area contributed by atoms with Crippen molar-refractivity contribution >= 4 is 15.7 Å². The molecular formula is C23H20F3N3O4S. The number of nitrogens with two attached hydrogens (primary N) is 1. The Hall–Kier alpha value is -3.46. The molecule has 0 spiro atoms. The molecule has 11 heteroatoms. The van der Waals surface area contributed by atoms with Crippen LogP contribution in [0.4, 0.5) is 19.0 Å². The molecule has 0 radical (unpaired) electrons. The number of alkyl halides is 3. The number of benzene rings is 1. The Balaban J connectivity index is 2.07. The average Bonchev–Trinajstić information content (AvgIpc) is 2.77. The quantitative estimate of drug-likeness (QED) is 0.479. The van der Waals surface area contributed by atoms with E-state index in [0.717, 1.165) is 18.5 Å². The van der Waals surface area contributed by atoms with Crippen LogP contribution in [-0.4, -0.2) is 40.9 Å². The van der Waals surface area contributed by atoms with Crippen molar-refractivity contribution in [3.8, 4) is 23.1 Å². The van der Waals surface area contributed by atoms with Crippen LogP contribution in [-0.2, 0) is 15.4 Å². The molecule has 0 bridgehead atoms. The Kier molecular flexibility index (Phi) is 6.71. The van der Waals surface area contributed by atoms with Gasteiger partial charge in [0.05, 0.1) is 21.0 Å². The van der Waals surface area contributed by atoms with Gasteiger partial charge in [-0.05, 0) is 44.2 Å². The van der Waals surface area contributed by atoms with Crippen LogP contribution in [0.15, 0.2) is 64.6 Å². The van der Waals surface area contributed by atoms with E-state index in [4.69, 9.17) is 5.73 Å². The number of pyridine rings is 2. The van der Waals surface area contributed by atoms with Crippen LogP contribution >= 0.6 is 0 Å². The molecule has 0 aliphatic rings. The van der Waals surface area contributed by atoms with E-state index in [1.54, 1.807) is 0 Å². The van der Waals surface area contributed by atoms with E-state index in [0.29, 0.717) is 12.5 Å². The van der Waals surface area contributed by atoms with Gasteiger partial charge in [-0.3, -0.25) is 4.98 Å². The van der Waals surface area contributed by atoms with Gasteiger partial charge in [0.2, 0.25) is 9.84 Å². The summed E-state index contributed by atoms with van der Waals surface area (Å²) in [6.07, 6.45) is -4.02. The summed E-state index contributed by atoms with van der Waals surface area (Å²) in [4.78, 5) is 7.72. The zero-order valence-corrected chi connectivity index (χ0v) is 18.8. The van der Waals surface area contributed by atoms with Crippen molar-refractivity contribution in [2.75, 3.05) is 5.73 Å². The number of hydrogen-bond acceptors (Lipinski definition) is 7. The summed E-state index contributed by atoms with van der Waals surface area (Å²) in [5, 5.41) is 19.5. The lowest BCUT2D eigenvalue weighted by Gasteiger charge is -2.26. The summed E-state index contributed by atoms with van der Waals surface area (Å²) in [6.45, 7) is 1.98. The lowest BCUT2D eigenvalue weighted by molar-refractivity contribution is -0.259. The fraction of sp³-hybridized carbons (Fsp3) is 0.217.